The number of carbonyl (C=O) groups excluding carboxylic acids is 1. The number of hydrogen-bond acceptors (Lipinski definition) is 2. The van der Waals surface area contributed by atoms with Crippen LogP contribution in [0.5, 0.6) is 0 Å². The molecule has 0 unspecified atom stereocenters. The predicted octanol–water partition coefficient (Wildman–Crippen LogP) is 3.45. The average Bonchev–Trinajstić information content (AvgIpc) is 2.69. The molecular weight excluding hydrogens is 248 g/mol. The summed E-state index contributed by atoms with van der Waals surface area (Å²) in [5.74, 6) is 0.0235. The fourth-order valence-corrected chi connectivity index (χ4v) is 2.52. The van der Waals surface area contributed by atoms with E-state index in [0.29, 0.717) is 5.56 Å². The van der Waals surface area contributed by atoms with E-state index < -0.39 is 5.41 Å². The van der Waals surface area contributed by atoms with E-state index in [1.807, 2.05) is 50.2 Å². The van der Waals surface area contributed by atoms with Gasteiger partial charge >= 0.3 is 0 Å². The summed E-state index contributed by atoms with van der Waals surface area (Å²) in [5.41, 5.74) is 4.00. The molecule has 0 fully saturated rings. The first kappa shape index (κ1) is 12.4. The van der Waals surface area contributed by atoms with Crippen molar-refractivity contribution in [2.45, 2.75) is 19.3 Å². The molecule has 0 spiro atoms. The van der Waals surface area contributed by atoms with Crippen molar-refractivity contribution in [1.82, 2.24) is 0 Å². The second kappa shape index (κ2) is 4.21. The van der Waals surface area contributed by atoms with Crippen LogP contribution >= 0.6 is 0 Å². The van der Waals surface area contributed by atoms with Gasteiger partial charge in [0.15, 0.2) is 0 Å². The fraction of sp³-hybridized carbons (Fsp3) is 0.176. The Morgan fingerprint density at radius 3 is 2.60 bits per heavy atom. The van der Waals surface area contributed by atoms with Crippen LogP contribution in [0.4, 0.5) is 5.69 Å². The van der Waals surface area contributed by atoms with Gasteiger partial charge in [-0.3, -0.25) is 4.79 Å². The first-order valence-electron chi connectivity index (χ1n) is 6.49. The zero-order chi connectivity index (χ0) is 14.3. The quantitative estimate of drug-likeness (QED) is 0.855. The largest absolute Gasteiger partial charge is 0.325 e. The lowest BCUT2D eigenvalue weighted by Gasteiger charge is -2.16. The van der Waals surface area contributed by atoms with Gasteiger partial charge in [-0.25, -0.2) is 0 Å². The summed E-state index contributed by atoms with van der Waals surface area (Å²) in [6, 6.07) is 15.6. The normalized spacial score (nSPS) is 15.3. The van der Waals surface area contributed by atoms with E-state index in [2.05, 4.69) is 11.4 Å². The summed E-state index contributed by atoms with van der Waals surface area (Å²) in [6.45, 7) is 3.84. The summed E-state index contributed by atoms with van der Waals surface area (Å²) >= 11 is 0. The van der Waals surface area contributed by atoms with Crippen LogP contribution in [-0.2, 0) is 10.2 Å². The SMILES string of the molecule is CC1(C)C(=O)Nc2ccc(-c3cccc(C#N)c3)cc21. The highest BCUT2D eigenvalue weighted by molar-refractivity contribution is 6.06. The maximum Gasteiger partial charge on any atom is 0.234 e. The molecule has 1 aliphatic rings. The molecule has 0 radical (unpaired) electrons. The molecule has 3 heteroatoms. The van der Waals surface area contributed by atoms with E-state index in [9.17, 15) is 4.79 Å². The highest BCUT2D eigenvalue weighted by Crippen LogP contribution is 2.39. The first-order chi connectivity index (χ1) is 9.52. The molecule has 2 aromatic carbocycles. The summed E-state index contributed by atoms with van der Waals surface area (Å²) in [4.78, 5) is 11.9. The molecule has 0 aliphatic carbocycles. The van der Waals surface area contributed by atoms with Crippen LogP contribution in [0.25, 0.3) is 11.1 Å². The van der Waals surface area contributed by atoms with E-state index in [-0.39, 0.29) is 5.91 Å². The van der Waals surface area contributed by atoms with Crippen molar-refractivity contribution < 1.29 is 4.79 Å². The molecular formula is C17H14N2O. The van der Waals surface area contributed by atoms with E-state index in [1.165, 1.54) is 0 Å². The van der Waals surface area contributed by atoms with Crippen molar-refractivity contribution >= 4 is 11.6 Å². The molecule has 0 bridgehead atoms. The standard InChI is InChI=1S/C17H14N2O/c1-17(2)14-9-13(6-7-15(14)19-16(17)20)12-5-3-4-11(8-12)10-18/h3-9H,1-2H3,(H,19,20). The zero-order valence-corrected chi connectivity index (χ0v) is 11.4. The number of carbonyl (C=O) groups is 1. The molecule has 0 saturated heterocycles. The maximum atomic E-state index is 11.9. The highest BCUT2D eigenvalue weighted by atomic mass is 16.2. The molecule has 1 amide bonds. The van der Waals surface area contributed by atoms with Gasteiger partial charge in [0.25, 0.3) is 0 Å². The third kappa shape index (κ3) is 1.78. The summed E-state index contributed by atoms with van der Waals surface area (Å²) in [7, 11) is 0. The van der Waals surface area contributed by atoms with Crippen LogP contribution in [0.3, 0.4) is 0 Å². The van der Waals surface area contributed by atoms with E-state index in [4.69, 9.17) is 5.26 Å². The topological polar surface area (TPSA) is 52.9 Å². The third-order valence-electron chi connectivity index (χ3n) is 3.83. The van der Waals surface area contributed by atoms with Gasteiger partial charge in [-0.05, 0) is 54.8 Å². The minimum absolute atomic E-state index is 0.0235. The first-order valence-corrected chi connectivity index (χ1v) is 6.49. The lowest BCUT2D eigenvalue weighted by Crippen LogP contribution is -2.26. The van der Waals surface area contributed by atoms with Crippen molar-refractivity contribution in [1.29, 1.82) is 5.26 Å². The van der Waals surface area contributed by atoms with Gasteiger partial charge in [0, 0.05) is 5.69 Å². The molecule has 98 valence electrons. The minimum Gasteiger partial charge on any atom is -0.325 e. The highest BCUT2D eigenvalue weighted by Gasteiger charge is 2.38. The van der Waals surface area contributed by atoms with Crippen LogP contribution in [0.15, 0.2) is 42.5 Å². The van der Waals surface area contributed by atoms with Crippen molar-refractivity contribution in [3.05, 3.63) is 53.6 Å². The van der Waals surface area contributed by atoms with Crippen LogP contribution in [0.2, 0.25) is 0 Å². The monoisotopic (exact) mass is 262 g/mol. The molecule has 1 aliphatic heterocycles. The van der Waals surface area contributed by atoms with Gasteiger partial charge in [-0.1, -0.05) is 18.2 Å². The number of nitrogens with zero attached hydrogens (tertiary/aromatic N) is 1. The molecule has 1 N–H and O–H groups in total. The molecule has 2 aromatic rings. The number of fused-ring (bicyclic) bond motifs is 1. The minimum atomic E-state index is -0.516. The summed E-state index contributed by atoms with van der Waals surface area (Å²) in [6.07, 6.45) is 0. The van der Waals surface area contributed by atoms with E-state index in [1.54, 1.807) is 6.07 Å². The number of rotatable bonds is 1. The average molecular weight is 262 g/mol. The number of nitriles is 1. The number of nitrogens with one attached hydrogen (secondary N) is 1. The number of benzene rings is 2. The molecule has 0 aromatic heterocycles. The Morgan fingerprint density at radius 2 is 1.85 bits per heavy atom. The Balaban J connectivity index is 2.13. The zero-order valence-electron chi connectivity index (χ0n) is 11.4. The Kier molecular flexibility index (Phi) is 2.62. The van der Waals surface area contributed by atoms with Gasteiger partial charge in [-0.15, -0.1) is 0 Å². The smallest absolute Gasteiger partial charge is 0.234 e. The van der Waals surface area contributed by atoms with Crippen molar-refractivity contribution in [3.8, 4) is 17.2 Å². The van der Waals surface area contributed by atoms with Crippen LogP contribution in [0, 0.1) is 11.3 Å². The van der Waals surface area contributed by atoms with Crippen molar-refractivity contribution in [2.24, 2.45) is 0 Å². The van der Waals surface area contributed by atoms with E-state index in [0.717, 1.165) is 22.4 Å². The third-order valence-corrected chi connectivity index (χ3v) is 3.83. The Hall–Kier alpha value is -2.60. The Labute approximate surface area is 117 Å². The fourth-order valence-electron chi connectivity index (χ4n) is 2.52. The van der Waals surface area contributed by atoms with Crippen molar-refractivity contribution in [3.63, 3.8) is 0 Å². The number of hydrogen-bond donors (Lipinski definition) is 1. The second-order valence-corrected chi connectivity index (χ2v) is 5.53. The second-order valence-electron chi connectivity index (χ2n) is 5.53. The number of amides is 1. The Morgan fingerprint density at radius 1 is 1.10 bits per heavy atom. The molecule has 1 heterocycles. The summed E-state index contributed by atoms with van der Waals surface area (Å²) < 4.78 is 0. The predicted molar refractivity (Wildman–Crippen MR) is 78.2 cm³/mol. The Bertz CT molecular complexity index is 754. The van der Waals surface area contributed by atoms with E-state index >= 15 is 0 Å². The number of anilines is 1. The molecule has 0 atom stereocenters. The van der Waals surface area contributed by atoms with Crippen LogP contribution in [0.1, 0.15) is 25.0 Å². The molecule has 20 heavy (non-hydrogen) atoms. The van der Waals surface area contributed by atoms with Gasteiger partial charge in [0.2, 0.25) is 5.91 Å². The summed E-state index contributed by atoms with van der Waals surface area (Å²) in [5, 5.41) is 11.9. The lowest BCUT2D eigenvalue weighted by atomic mass is 9.84. The molecule has 3 nitrogen and oxygen atoms in total. The molecule has 0 saturated carbocycles. The van der Waals surface area contributed by atoms with Gasteiger partial charge in [0.1, 0.15) is 0 Å². The lowest BCUT2D eigenvalue weighted by molar-refractivity contribution is -0.119. The van der Waals surface area contributed by atoms with Gasteiger partial charge in [0.05, 0.1) is 17.0 Å². The van der Waals surface area contributed by atoms with Crippen LogP contribution < -0.4 is 5.32 Å². The van der Waals surface area contributed by atoms with Crippen LogP contribution in [-0.4, -0.2) is 5.91 Å². The van der Waals surface area contributed by atoms with Gasteiger partial charge < -0.3 is 5.32 Å². The maximum absolute atomic E-state index is 11.9. The van der Waals surface area contributed by atoms with Gasteiger partial charge in [-0.2, -0.15) is 5.26 Å². The van der Waals surface area contributed by atoms with Crippen molar-refractivity contribution in [2.75, 3.05) is 5.32 Å². The molecule has 3 rings (SSSR count).